The number of hydrogen-bond donors (Lipinski definition) is 2. The Kier molecular flexibility index (Phi) is 5.03. The fourth-order valence-electron chi connectivity index (χ4n) is 3.23. The molecule has 1 amide bonds. The molecule has 7 nitrogen and oxygen atoms in total. The van der Waals surface area contributed by atoms with E-state index in [0.717, 1.165) is 18.8 Å². The second kappa shape index (κ2) is 7.23. The van der Waals surface area contributed by atoms with E-state index in [9.17, 15) is 9.90 Å². The fourth-order valence-corrected chi connectivity index (χ4v) is 3.23. The number of nitrogens with zero attached hydrogens (tertiary/aromatic N) is 4. The first-order valence-electron chi connectivity index (χ1n) is 8.69. The topological polar surface area (TPSA) is 83.3 Å². The summed E-state index contributed by atoms with van der Waals surface area (Å²) in [7, 11) is 0. The summed E-state index contributed by atoms with van der Waals surface area (Å²) in [6.07, 6.45) is 4.87. The average molecular weight is 343 g/mol. The molecule has 3 rings (SSSR count). The Bertz CT molecular complexity index is 715. The summed E-state index contributed by atoms with van der Waals surface area (Å²) in [5.41, 5.74) is -0.454. The molecule has 0 aromatic carbocycles. The molecule has 3 heterocycles. The van der Waals surface area contributed by atoms with Crippen LogP contribution in [0.5, 0.6) is 0 Å². The van der Waals surface area contributed by atoms with Gasteiger partial charge in [0.05, 0.1) is 5.60 Å². The minimum Gasteiger partial charge on any atom is -0.386 e. The summed E-state index contributed by atoms with van der Waals surface area (Å²) in [6.45, 7) is 5.46. The zero-order valence-corrected chi connectivity index (χ0v) is 14.7. The zero-order chi connectivity index (χ0) is 17.9. The van der Waals surface area contributed by atoms with Crippen molar-refractivity contribution in [1.82, 2.24) is 20.1 Å². The predicted octanol–water partition coefficient (Wildman–Crippen LogP) is 1.62. The molecular formula is C18H25N5O2. The van der Waals surface area contributed by atoms with Gasteiger partial charge in [-0.2, -0.15) is 5.10 Å². The van der Waals surface area contributed by atoms with Gasteiger partial charge in [-0.05, 0) is 44.9 Å². The summed E-state index contributed by atoms with van der Waals surface area (Å²) in [6, 6.07) is 7.54. The lowest BCUT2D eigenvalue weighted by Gasteiger charge is -2.39. The Morgan fingerprint density at radius 1 is 1.36 bits per heavy atom. The van der Waals surface area contributed by atoms with Gasteiger partial charge in [-0.1, -0.05) is 6.07 Å². The van der Waals surface area contributed by atoms with Crippen molar-refractivity contribution in [3.05, 3.63) is 42.4 Å². The first-order chi connectivity index (χ1) is 12.0. The van der Waals surface area contributed by atoms with E-state index in [1.54, 1.807) is 23.1 Å². The Balaban J connectivity index is 1.63. The quantitative estimate of drug-likeness (QED) is 0.862. The Morgan fingerprint density at radius 2 is 2.20 bits per heavy atom. The number of aromatic nitrogens is 3. The zero-order valence-electron chi connectivity index (χ0n) is 14.7. The van der Waals surface area contributed by atoms with Crippen LogP contribution in [0.25, 0.3) is 0 Å². The first kappa shape index (κ1) is 17.4. The Hall–Kier alpha value is -2.41. The number of pyridine rings is 1. The highest BCUT2D eigenvalue weighted by molar-refractivity contribution is 5.92. The molecular weight excluding hydrogens is 318 g/mol. The van der Waals surface area contributed by atoms with Crippen LogP contribution in [-0.2, 0) is 0 Å². The molecule has 1 atom stereocenters. The normalized spacial score (nSPS) is 20.7. The SMILES string of the molecule is CC(C)n1nccc1C(=O)NC[C@]1(O)CCCN(c2ccccn2)C1. The molecule has 25 heavy (non-hydrogen) atoms. The van der Waals surface area contributed by atoms with Gasteiger partial charge in [0.2, 0.25) is 0 Å². The summed E-state index contributed by atoms with van der Waals surface area (Å²) in [5.74, 6) is 0.638. The molecule has 0 radical (unpaired) electrons. The Labute approximate surface area is 147 Å². The number of anilines is 1. The number of carbonyl (C=O) groups is 1. The third kappa shape index (κ3) is 3.99. The molecule has 0 aliphatic carbocycles. The second-order valence-corrected chi connectivity index (χ2v) is 6.87. The summed E-state index contributed by atoms with van der Waals surface area (Å²) in [5, 5.41) is 18.0. The maximum absolute atomic E-state index is 12.5. The number of amides is 1. The lowest BCUT2D eigenvalue weighted by atomic mass is 9.92. The maximum atomic E-state index is 12.5. The van der Waals surface area contributed by atoms with Gasteiger partial charge < -0.3 is 15.3 Å². The number of hydrogen-bond acceptors (Lipinski definition) is 5. The molecule has 1 fully saturated rings. The largest absolute Gasteiger partial charge is 0.386 e. The van der Waals surface area contributed by atoms with Crippen molar-refractivity contribution in [2.75, 3.05) is 24.5 Å². The molecule has 7 heteroatoms. The first-order valence-corrected chi connectivity index (χ1v) is 8.69. The highest BCUT2D eigenvalue weighted by atomic mass is 16.3. The van der Waals surface area contributed by atoms with Crippen LogP contribution in [0.15, 0.2) is 36.7 Å². The van der Waals surface area contributed by atoms with E-state index >= 15 is 0 Å². The van der Waals surface area contributed by atoms with Gasteiger partial charge in [0.15, 0.2) is 0 Å². The van der Waals surface area contributed by atoms with Gasteiger partial charge in [-0.15, -0.1) is 0 Å². The summed E-state index contributed by atoms with van der Waals surface area (Å²) < 4.78 is 1.68. The fraction of sp³-hybridized carbons (Fsp3) is 0.500. The van der Waals surface area contributed by atoms with Crippen LogP contribution in [0.4, 0.5) is 5.82 Å². The molecule has 2 aromatic rings. The summed E-state index contributed by atoms with van der Waals surface area (Å²) >= 11 is 0. The van der Waals surface area contributed by atoms with E-state index in [1.807, 2.05) is 32.0 Å². The molecule has 0 saturated carbocycles. The van der Waals surface area contributed by atoms with E-state index in [-0.39, 0.29) is 18.5 Å². The third-order valence-electron chi connectivity index (χ3n) is 4.50. The average Bonchev–Trinajstić information content (AvgIpc) is 3.11. The second-order valence-electron chi connectivity index (χ2n) is 6.87. The highest BCUT2D eigenvalue weighted by Crippen LogP contribution is 2.24. The van der Waals surface area contributed by atoms with Crippen molar-refractivity contribution in [3.63, 3.8) is 0 Å². The monoisotopic (exact) mass is 343 g/mol. The van der Waals surface area contributed by atoms with Crippen molar-refractivity contribution < 1.29 is 9.90 Å². The Morgan fingerprint density at radius 3 is 2.92 bits per heavy atom. The highest BCUT2D eigenvalue weighted by Gasteiger charge is 2.34. The van der Waals surface area contributed by atoms with Crippen molar-refractivity contribution in [3.8, 4) is 0 Å². The van der Waals surface area contributed by atoms with Crippen molar-refractivity contribution >= 4 is 11.7 Å². The number of nitrogens with one attached hydrogen (secondary N) is 1. The van der Waals surface area contributed by atoms with Gasteiger partial charge in [-0.25, -0.2) is 4.98 Å². The molecule has 1 saturated heterocycles. The van der Waals surface area contributed by atoms with Crippen LogP contribution in [0.3, 0.4) is 0 Å². The minimum absolute atomic E-state index is 0.105. The van der Waals surface area contributed by atoms with Gasteiger partial charge in [0, 0.05) is 38.1 Å². The molecule has 0 unspecified atom stereocenters. The van der Waals surface area contributed by atoms with Crippen molar-refractivity contribution in [2.24, 2.45) is 0 Å². The van der Waals surface area contributed by atoms with Crippen LogP contribution in [-0.4, -0.2) is 51.0 Å². The number of rotatable bonds is 5. The lowest BCUT2D eigenvalue weighted by molar-refractivity contribution is 0.0253. The number of β-amino-alcohol motifs (C(OH)–C–C–N with tert-alkyl or cyclic N) is 1. The molecule has 0 spiro atoms. The molecule has 1 aliphatic heterocycles. The standard InChI is InChI=1S/C18H25N5O2/c1-14(2)23-15(7-10-21-23)17(24)20-12-18(25)8-5-11-22(13-18)16-6-3-4-9-19-16/h3-4,6-7,9-10,14,25H,5,8,11-13H2,1-2H3,(H,20,24)/t18-/m1/s1. The van der Waals surface area contributed by atoms with Gasteiger partial charge in [0.1, 0.15) is 11.5 Å². The smallest absolute Gasteiger partial charge is 0.269 e. The van der Waals surface area contributed by atoms with E-state index in [4.69, 9.17) is 0 Å². The van der Waals surface area contributed by atoms with Crippen LogP contribution in [0, 0.1) is 0 Å². The lowest BCUT2D eigenvalue weighted by Crippen LogP contribution is -2.54. The molecule has 134 valence electrons. The van der Waals surface area contributed by atoms with E-state index in [1.165, 1.54) is 0 Å². The van der Waals surface area contributed by atoms with E-state index in [0.29, 0.717) is 18.7 Å². The number of aliphatic hydroxyl groups is 1. The maximum Gasteiger partial charge on any atom is 0.269 e. The van der Waals surface area contributed by atoms with Crippen LogP contribution in [0.1, 0.15) is 43.2 Å². The van der Waals surface area contributed by atoms with Gasteiger partial charge >= 0.3 is 0 Å². The number of carbonyl (C=O) groups excluding carboxylic acids is 1. The molecule has 2 aromatic heterocycles. The van der Waals surface area contributed by atoms with E-state index in [2.05, 4.69) is 20.3 Å². The van der Waals surface area contributed by atoms with Crippen LogP contribution >= 0.6 is 0 Å². The van der Waals surface area contributed by atoms with Gasteiger partial charge in [-0.3, -0.25) is 9.48 Å². The van der Waals surface area contributed by atoms with Crippen molar-refractivity contribution in [2.45, 2.75) is 38.3 Å². The van der Waals surface area contributed by atoms with Crippen LogP contribution in [0.2, 0.25) is 0 Å². The summed E-state index contributed by atoms with van der Waals surface area (Å²) in [4.78, 5) is 18.9. The van der Waals surface area contributed by atoms with Gasteiger partial charge in [0.25, 0.3) is 5.91 Å². The van der Waals surface area contributed by atoms with E-state index < -0.39 is 5.60 Å². The number of piperidine rings is 1. The predicted molar refractivity (Wildman–Crippen MR) is 95.6 cm³/mol. The molecule has 2 N–H and O–H groups in total. The minimum atomic E-state index is -0.964. The molecule has 0 bridgehead atoms. The van der Waals surface area contributed by atoms with Crippen molar-refractivity contribution in [1.29, 1.82) is 0 Å². The third-order valence-corrected chi connectivity index (χ3v) is 4.50. The van der Waals surface area contributed by atoms with Crippen LogP contribution < -0.4 is 10.2 Å². The molecule has 1 aliphatic rings.